The maximum atomic E-state index is 13.6. The highest BCUT2D eigenvalue weighted by Gasteiger charge is 2.38. The fourth-order valence-electron chi connectivity index (χ4n) is 3.66. The number of halogens is 3. The normalized spacial score (nSPS) is 14.9. The van der Waals surface area contributed by atoms with E-state index >= 15 is 0 Å². The molecule has 1 saturated heterocycles. The number of aromatic amines is 1. The van der Waals surface area contributed by atoms with Crippen LogP contribution in [0.25, 0.3) is 22.6 Å². The van der Waals surface area contributed by atoms with E-state index in [1.54, 1.807) is 45.2 Å². The molecule has 1 fully saturated rings. The number of aromatic nitrogens is 2. The average molecular weight is 600 g/mol. The van der Waals surface area contributed by atoms with Crippen molar-refractivity contribution < 1.29 is 22.3 Å². The predicted molar refractivity (Wildman–Crippen MR) is 139 cm³/mol. The highest BCUT2D eigenvalue weighted by molar-refractivity contribution is 9.10. The van der Waals surface area contributed by atoms with Crippen molar-refractivity contribution >= 4 is 43.6 Å². The highest BCUT2D eigenvalue weighted by atomic mass is 79.9. The number of sulfonamides is 1. The number of amides is 1. The number of carbonyl (C=O) groups excluding carboxylic acids is 1. The monoisotopic (exact) mass is 598 g/mol. The second-order valence-corrected chi connectivity index (χ2v) is 12.7. The van der Waals surface area contributed by atoms with Gasteiger partial charge >= 0.3 is 6.09 Å². The number of carbonyl (C=O) groups is 1. The minimum absolute atomic E-state index is 0.0253. The zero-order valence-corrected chi connectivity index (χ0v) is 23.0. The number of hydrogen-bond donors (Lipinski definition) is 2. The van der Waals surface area contributed by atoms with Gasteiger partial charge in [0.15, 0.2) is 0 Å². The zero-order valence-electron chi connectivity index (χ0n) is 19.8. The second-order valence-electron chi connectivity index (χ2n) is 9.49. The molecule has 0 unspecified atom stereocenters. The van der Waals surface area contributed by atoms with Gasteiger partial charge in [0.2, 0.25) is 10.0 Å². The van der Waals surface area contributed by atoms with E-state index in [-0.39, 0.29) is 34.7 Å². The van der Waals surface area contributed by atoms with Crippen LogP contribution < -0.4 is 5.32 Å². The lowest BCUT2D eigenvalue weighted by molar-refractivity contribution is 0.0503. The molecule has 1 amide bonds. The lowest BCUT2D eigenvalue weighted by Gasteiger charge is -2.38. The van der Waals surface area contributed by atoms with E-state index in [0.717, 1.165) is 5.56 Å². The summed E-state index contributed by atoms with van der Waals surface area (Å²) in [5, 5.41) is 2.77. The van der Waals surface area contributed by atoms with Crippen LogP contribution in [-0.4, -0.2) is 54.0 Å². The maximum Gasteiger partial charge on any atom is 0.407 e. The Bertz CT molecular complexity index is 1400. The van der Waals surface area contributed by atoms with Gasteiger partial charge in [0.05, 0.1) is 21.4 Å². The number of H-pyrrole nitrogens is 1. The van der Waals surface area contributed by atoms with Crippen LogP contribution in [0.5, 0.6) is 0 Å². The number of imidazole rings is 1. The molecule has 1 aromatic heterocycles. The van der Waals surface area contributed by atoms with Crippen LogP contribution in [-0.2, 0) is 14.8 Å². The number of rotatable bonds is 6. The molecule has 2 N–H and O–H groups in total. The molecule has 12 heteroatoms. The third-order valence-corrected chi connectivity index (χ3v) is 8.41. The Hall–Kier alpha value is -2.47. The smallest absolute Gasteiger partial charge is 0.407 e. The summed E-state index contributed by atoms with van der Waals surface area (Å²) in [7, 11) is -3.85. The topological polar surface area (TPSA) is 104 Å². The Labute approximate surface area is 222 Å². The van der Waals surface area contributed by atoms with E-state index in [1.165, 1.54) is 22.5 Å². The molecular weight excluding hydrogens is 575 g/mol. The number of nitrogens with one attached hydrogen (secondary N) is 2. The molecule has 2 heterocycles. The molecule has 0 atom stereocenters. The summed E-state index contributed by atoms with van der Waals surface area (Å²) in [6.07, 6.45) is 1.06. The molecule has 0 spiro atoms. The Morgan fingerprint density at radius 1 is 1.25 bits per heavy atom. The fraction of sp³-hybridized carbons (Fsp3) is 0.333. The van der Waals surface area contributed by atoms with Gasteiger partial charge in [-0.3, -0.25) is 0 Å². The van der Waals surface area contributed by atoms with E-state index in [9.17, 15) is 17.6 Å². The Balaban J connectivity index is 1.46. The van der Waals surface area contributed by atoms with E-state index < -0.39 is 21.7 Å². The van der Waals surface area contributed by atoms with Gasteiger partial charge in [-0.05, 0) is 73.1 Å². The largest absolute Gasteiger partial charge is 0.444 e. The third kappa shape index (κ3) is 5.91. The number of hydrogen-bond acceptors (Lipinski definition) is 5. The van der Waals surface area contributed by atoms with Crippen molar-refractivity contribution in [2.75, 3.05) is 19.6 Å². The number of benzene rings is 2. The molecule has 36 heavy (non-hydrogen) atoms. The summed E-state index contributed by atoms with van der Waals surface area (Å²) in [5.74, 6) is 0.0402. The minimum Gasteiger partial charge on any atom is -0.444 e. The average Bonchev–Trinajstić information content (AvgIpc) is 3.23. The predicted octanol–water partition coefficient (Wildman–Crippen LogP) is 5.44. The van der Waals surface area contributed by atoms with Crippen molar-refractivity contribution in [2.45, 2.75) is 31.3 Å². The van der Waals surface area contributed by atoms with E-state index in [4.69, 9.17) is 16.3 Å². The summed E-state index contributed by atoms with van der Waals surface area (Å²) < 4.78 is 46.9. The maximum absolute atomic E-state index is 13.6. The van der Waals surface area contributed by atoms with Crippen molar-refractivity contribution in [1.82, 2.24) is 19.6 Å². The van der Waals surface area contributed by atoms with Gasteiger partial charge in [-0.1, -0.05) is 11.6 Å². The van der Waals surface area contributed by atoms with E-state index in [1.807, 2.05) is 0 Å². The van der Waals surface area contributed by atoms with Gasteiger partial charge in [-0.15, -0.1) is 0 Å². The molecule has 192 valence electrons. The number of ether oxygens (including phenoxy) is 1. The van der Waals surface area contributed by atoms with Gasteiger partial charge in [-0.2, -0.15) is 4.31 Å². The van der Waals surface area contributed by atoms with Crippen LogP contribution in [0.1, 0.15) is 20.8 Å². The molecule has 1 aliphatic heterocycles. The fourth-order valence-corrected chi connectivity index (χ4v) is 6.13. The first-order valence-corrected chi connectivity index (χ1v) is 13.7. The standard InChI is InChI=1S/C24H25BrClFN4O4S/c1-24(2,3)35-23(32)29-10-14-12-31(13-14)36(33,34)21-9-16(4-6-18(21)26)22-28-11-20(30-22)15-5-7-19(27)17(25)8-15/h4-9,11,14H,10,12-13H2,1-3H3,(H,28,30)(H,29,32). The number of nitrogens with zero attached hydrogens (tertiary/aromatic N) is 2. The van der Waals surface area contributed by atoms with Crippen molar-refractivity contribution in [3.8, 4) is 22.6 Å². The van der Waals surface area contributed by atoms with Crippen LogP contribution in [0.4, 0.5) is 9.18 Å². The quantitative estimate of drug-likeness (QED) is 0.393. The Morgan fingerprint density at radius 3 is 2.61 bits per heavy atom. The first kappa shape index (κ1) is 26.6. The van der Waals surface area contributed by atoms with Crippen molar-refractivity contribution in [3.63, 3.8) is 0 Å². The van der Waals surface area contributed by atoms with Gasteiger partial charge in [0.1, 0.15) is 22.1 Å². The lowest BCUT2D eigenvalue weighted by Crippen LogP contribution is -2.53. The van der Waals surface area contributed by atoms with E-state index in [2.05, 4.69) is 31.2 Å². The van der Waals surface area contributed by atoms with E-state index in [0.29, 0.717) is 28.1 Å². The highest BCUT2D eigenvalue weighted by Crippen LogP contribution is 2.33. The van der Waals surface area contributed by atoms with Crippen molar-refractivity contribution in [3.05, 3.63) is 57.9 Å². The molecule has 2 aromatic carbocycles. The van der Waals surface area contributed by atoms with Crippen LogP contribution in [0, 0.1) is 11.7 Å². The first-order chi connectivity index (χ1) is 16.8. The molecule has 0 radical (unpaired) electrons. The third-order valence-electron chi connectivity index (χ3n) is 5.49. The number of alkyl carbamates (subject to hydrolysis) is 1. The SMILES string of the molecule is CC(C)(C)OC(=O)NCC1CN(S(=O)(=O)c2cc(-c3ncc(-c4ccc(F)c(Br)c4)[nH]3)ccc2Cl)C1. The van der Waals surface area contributed by atoms with Crippen molar-refractivity contribution in [2.24, 2.45) is 5.92 Å². The summed E-state index contributed by atoms with van der Waals surface area (Å²) in [6.45, 7) is 6.13. The Morgan fingerprint density at radius 2 is 1.94 bits per heavy atom. The van der Waals surface area contributed by atoms with Gasteiger partial charge in [0, 0.05) is 36.7 Å². The zero-order chi connectivity index (χ0) is 26.3. The molecule has 3 aromatic rings. The summed E-state index contributed by atoms with van der Waals surface area (Å²) in [5.41, 5.74) is 1.29. The second kappa shape index (κ2) is 10.1. The van der Waals surface area contributed by atoms with Crippen LogP contribution in [0.3, 0.4) is 0 Å². The molecule has 1 aliphatic rings. The minimum atomic E-state index is -3.85. The Kier molecular flexibility index (Phi) is 7.47. The molecule has 8 nitrogen and oxygen atoms in total. The summed E-state index contributed by atoms with van der Waals surface area (Å²) in [6, 6.07) is 9.26. The van der Waals surface area contributed by atoms with Gasteiger partial charge in [0.25, 0.3) is 0 Å². The van der Waals surface area contributed by atoms with Crippen LogP contribution >= 0.6 is 27.5 Å². The van der Waals surface area contributed by atoms with Crippen LogP contribution in [0.15, 0.2) is 52.0 Å². The van der Waals surface area contributed by atoms with Gasteiger partial charge < -0.3 is 15.0 Å². The first-order valence-electron chi connectivity index (χ1n) is 11.1. The lowest BCUT2D eigenvalue weighted by atomic mass is 10.0. The molecule has 0 aliphatic carbocycles. The summed E-state index contributed by atoms with van der Waals surface area (Å²) >= 11 is 9.45. The molecular formula is C24H25BrClFN4O4S. The van der Waals surface area contributed by atoms with Crippen molar-refractivity contribution in [1.29, 1.82) is 0 Å². The molecule has 0 saturated carbocycles. The molecule has 0 bridgehead atoms. The summed E-state index contributed by atoms with van der Waals surface area (Å²) in [4.78, 5) is 19.3. The van der Waals surface area contributed by atoms with Gasteiger partial charge in [-0.25, -0.2) is 22.6 Å². The molecule has 4 rings (SSSR count). The van der Waals surface area contributed by atoms with Crippen LogP contribution in [0.2, 0.25) is 5.02 Å².